The Morgan fingerprint density at radius 3 is 2.67 bits per heavy atom. The van der Waals surface area contributed by atoms with Crippen LogP contribution < -0.4 is 15.2 Å². The van der Waals surface area contributed by atoms with E-state index in [-0.39, 0.29) is 11.5 Å². The molecule has 9 nitrogen and oxygen atoms in total. The van der Waals surface area contributed by atoms with Crippen LogP contribution in [-0.2, 0) is 0 Å². The normalized spacial score (nSPS) is 14.6. The number of anilines is 1. The number of hydrogen-bond donors (Lipinski definition) is 1. The molecule has 0 radical (unpaired) electrons. The quantitative estimate of drug-likeness (QED) is 0.834. The lowest BCUT2D eigenvalue weighted by molar-refractivity contribution is 0.0744. The molecule has 0 unspecified atom stereocenters. The number of carbonyl (C=O) groups is 1. The predicted octanol–water partition coefficient (Wildman–Crippen LogP) is -0.161. The summed E-state index contributed by atoms with van der Waals surface area (Å²) in [6, 6.07) is 1.68. The Labute approximate surface area is 138 Å². The van der Waals surface area contributed by atoms with Crippen molar-refractivity contribution in [2.75, 3.05) is 38.2 Å². The van der Waals surface area contributed by atoms with Crippen LogP contribution in [0.4, 0.5) is 5.95 Å². The maximum Gasteiger partial charge on any atom is 0.263 e. The zero-order valence-corrected chi connectivity index (χ0v) is 13.5. The summed E-state index contributed by atoms with van der Waals surface area (Å²) in [5.41, 5.74) is -0.349. The van der Waals surface area contributed by atoms with Crippen LogP contribution >= 0.6 is 0 Å². The monoisotopic (exact) mass is 330 g/mol. The van der Waals surface area contributed by atoms with Crippen molar-refractivity contribution in [1.82, 2.24) is 24.8 Å². The molecule has 1 amide bonds. The van der Waals surface area contributed by atoms with E-state index in [2.05, 4.69) is 19.9 Å². The molecule has 0 atom stereocenters. The lowest BCUT2D eigenvalue weighted by Gasteiger charge is -2.34. The van der Waals surface area contributed by atoms with Gasteiger partial charge in [-0.1, -0.05) is 0 Å². The van der Waals surface area contributed by atoms with E-state index in [0.29, 0.717) is 43.8 Å². The maximum absolute atomic E-state index is 12.5. The number of hydrogen-bond acceptors (Lipinski definition) is 7. The van der Waals surface area contributed by atoms with Crippen LogP contribution in [0.15, 0.2) is 23.3 Å². The number of nitrogens with one attached hydrogen (secondary N) is 1. The molecule has 2 aromatic rings. The van der Waals surface area contributed by atoms with Gasteiger partial charge in [0.15, 0.2) is 0 Å². The van der Waals surface area contributed by atoms with Crippen LogP contribution in [0, 0.1) is 6.92 Å². The zero-order valence-electron chi connectivity index (χ0n) is 13.5. The average molecular weight is 330 g/mol. The van der Waals surface area contributed by atoms with Gasteiger partial charge in [0, 0.05) is 44.6 Å². The fourth-order valence-electron chi connectivity index (χ4n) is 2.51. The largest absolute Gasteiger partial charge is 0.481 e. The van der Waals surface area contributed by atoms with Crippen LogP contribution in [0.2, 0.25) is 0 Å². The minimum absolute atomic E-state index is 0.0617. The highest BCUT2D eigenvalue weighted by Gasteiger charge is 2.25. The van der Waals surface area contributed by atoms with E-state index < -0.39 is 5.56 Å². The van der Waals surface area contributed by atoms with Gasteiger partial charge in [-0.15, -0.1) is 0 Å². The molecule has 24 heavy (non-hydrogen) atoms. The van der Waals surface area contributed by atoms with Gasteiger partial charge in [-0.25, -0.2) is 9.97 Å². The summed E-state index contributed by atoms with van der Waals surface area (Å²) in [6.45, 7) is 3.79. The van der Waals surface area contributed by atoms with Gasteiger partial charge in [0.25, 0.3) is 11.5 Å². The van der Waals surface area contributed by atoms with Crippen molar-refractivity contribution in [2.45, 2.75) is 6.92 Å². The lowest BCUT2D eigenvalue weighted by atomic mass is 10.2. The molecular weight excluding hydrogens is 312 g/mol. The number of H-pyrrole nitrogens is 1. The molecule has 1 fully saturated rings. The second-order valence-corrected chi connectivity index (χ2v) is 5.39. The number of carbonyl (C=O) groups excluding carboxylic acids is 1. The summed E-state index contributed by atoms with van der Waals surface area (Å²) in [6.07, 6.45) is 2.96. The van der Waals surface area contributed by atoms with E-state index >= 15 is 0 Å². The minimum atomic E-state index is -0.411. The molecule has 0 spiro atoms. The predicted molar refractivity (Wildman–Crippen MR) is 86.3 cm³/mol. The van der Waals surface area contributed by atoms with E-state index in [9.17, 15) is 9.59 Å². The molecule has 3 rings (SSSR count). The van der Waals surface area contributed by atoms with Crippen molar-refractivity contribution in [2.24, 2.45) is 0 Å². The molecule has 1 aliphatic rings. The van der Waals surface area contributed by atoms with E-state index in [1.807, 2.05) is 4.90 Å². The zero-order chi connectivity index (χ0) is 17.1. The number of aromatic nitrogens is 4. The van der Waals surface area contributed by atoms with Crippen LogP contribution in [0.1, 0.15) is 16.2 Å². The molecule has 1 saturated heterocycles. The molecular formula is C15H18N6O3. The van der Waals surface area contributed by atoms with E-state index in [0.717, 1.165) is 0 Å². The highest BCUT2D eigenvalue weighted by atomic mass is 16.5. The number of aryl methyl sites for hydroxylation is 1. The summed E-state index contributed by atoms with van der Waals surface area (Å²) in [5.74, 6) is 1.23. The summed E-state index contributed by atoms with van der Waals surface area (Å²) in [5, 5.41) is 0. The third-order valence-electron chi connectivity index (χ3n) is 3.83. The van der Waals surface area contributed by atoms with Crippen molar-refractivity contribution < 1.29 is 9.53 Å². The molecule has 0 aliphatic carbocycles. The van der Waals surface area contributed by atoms with E-state index in [4.69, 9.17) is 4.74 Å². The Kier molecular flexibility index (Phi) is 4.41. The van der Waals surface area contributed by atoms with Gasteiger partial charge >= 0.3 is 0 Å². The van der Waals surface area contributed by atoms with Crippen molar-refractivity contribution >= 4 is 11.9 Å². The van der Waals surface area contributed by atoms with Crippen LogP contribution in [-0.4, -0.2) is 64.0 Å². The van der Waals surface area contributed by atoms with Crippen LogP contribution in [0.3, 0.4) is 0 Å². The fourth-order valence-corrected chi connectivity index (χ4v) is 2.51. The Balaban J connectivity index is 1.68. The first-order valence-corrected chi connectivity index (χ1v) is 7.55. The molecule has 0 saturated carbocycles. The Hall–Kier alpha value is -2.97. The third-order valence-corrected chi connectivity index (χ3v) is 3.83. The molecule has 0 bridgehead atoms. The number of piperazine rings is 1. The first-order valence-electron chi connectivity index (χ1n) is 7.55. The Morgan fingerprint density at radius 1 is 1.25 bits per heavy atom. The number of amides is 1. The summed E-state index contributed by atoms with van der Waals surface area (Å²) < 4.78 is 5.10. The third kappa shape index (κ3) is 3.19. The molecule has 3 heterocycles. The second kappa shape index (κ2) is 6.65. The smallest absolute Gasteiger partial charge is 0.263 e. The summed E-state index contributed by atoms with van der Waals surface area (Å²) >= 11 is 0. The standard InChI is InChI=1S/C15H18N6O3/c1-10-17-9-11(13(22)18-10)14(23)20-5-7-21(8-6-20)15-16-4-3-12(19-15)24-2/h3-4,9H,5-8H2,1-2H3,(H,17,18,22). The molecule has 2 aromatic heterocycles. The summed E-state index contributed by atoms with van der Waals surface area (Å²) in [4.78, 5) is 43.0. The van der Waals surface area contributed by atoms with Gasteiger partial charge in [0.2, 0.25) is 11.8 Å². The minimum Gasteiger partial charge on any atom is -0.481 e. The molecule has 9 heteroatoms. The van der Waals surface area contributed by atoms with Crippen molar-refractivity contribution in [3.63, 3.8) is 0 Å². The average Bonchev–Trinajstić information content (AvgIpc) is 2.61. The topological polar surface area (TPSA) is 104 Å². The van der Waals surface area contributed by atoms with Crippen molar-refractivity contribution in [3.8, 4) is 5.88 Å². The van der Waals surface area contributed by atoms with Gasteiger partial charge in [0.1, 0.15) is 11.4 Å². The van der Waals surface area contributed by atoms with Crippen molar-refractivity contribution in [1.29, 1.82) is 0 Å². The van der Waals surface area contributed by atoms with Gasteiger partial charge in [0.05, 0.1) is 7.11 Å². The highest BCUT2D eigenvalue weighted by Crippen LogP contribution is 2.15. The Bertz CT molecular complexity index is 798. The van der Waals surface area contributed by atoms with E-state index in [1.165, 1.54) is 6.20 Å². The second-order valence-electron chi connectivity index (χ2n) is 5.39. The molecule has 126 valence electrons. The van der Waals surface area contributed by atoms with Crippen molar-refractivity contribution in [3.05, 3.63) is 40.2 Å². The number of methoxy groups -OCH3 is 1. The SMILES string of the molecule is COc1ccnc(N2CCN(C(=O)c3cnc(C)[nH]c3=O)CC2)n1. The van der Waals surface area contributed by atoms with E-state index in [1.54, 1.807) is 31.2 Å². The number of ether oxygens (including phenoxy) is 1. The maximum atomic E-state index is 12.5. The van der Waals surface area contributed by atoms with Crippen LogP contribution in [0.5, 0.6) is 5.88 Å². The fraction of sp³-hybridized carbons (Fsp3) is 0.400. The van der Waals surface area contributed by atoms with Gasteiger partial charge in [-0.2, -0.15) is 4.98 Å². The number of aromatic amines is 1. The molecule has 1 N–H and O–H groups in total. The first kappa shape index (κ1) is 15.9. The number of rotatable bonds is 3. The molecule has 0 aromatic carbocycles. The first-order chi connectivity index (χ1) is 11.6. The highest BCUT2D eigenvalue weighted by molar-refractivity contribution is 5.93. The van der Waals surface area contributed by atoms with Gasteiger partial charge < -0.3 is 19.5 Å². The number of nitrogens with zero attached hydrogens (tertiary/aromatic N) is 5. The van der Waals surface area contributed by atoms with Crippen LogP contribution in [0.25, 0.3) is 0 Å². The summed E-state index contributed by atoms with van der Waals surface area (Å²) in [7, 11) is 1.55. The lowest BCUT2D eigenvalue weighted by Crippen LogP contribution is -2.50. The Morgan fingerprint density at radius 2 is 2.00 bits per heavy atom. The van der Waals surface area contributed by atoms with Gasteiger partial charge in [-0.3, -0.25) is 9.59 Å². The van der Waals surface area contributed by atoms with Gasteiger partial charge in [-0.05, 0) is 6.92 Å². The molecule has 1 aliphatic heterocycles.